The van der Waals surface area contributed by atoms with Crippen molar-refractivity contribution >= 4 is 201 Å². The second-order valence-corrected chi connectivity index (χ2v) is 44.4. The highest BCUT2D eigenvalue weighted by atomic mass is 32.2. The number of benzene rings is 1. The number of nitrogens with one attached hydrogen (secondary N) is 8. The smallest absolute Gasteiger partial charge is 0.271 e. The van der Waals surface area contributed by atoms with Crippen molar-refractivity contribution in [2.24, 2.45) is 47.7 Å². The average molecular weight is 1970 g/mol. The Kier molecular flexibility index (Phi) is 32.1. The van der Waals surface area contributed by atoms with E-state index in [9.17, 15) is 71.9 Å². The number of hydrogen-bond donors (Lipinski definition) is 8. The monoisotopic (exact) mass is 1970 g/mol. The Morgan fingerprint density at radius 3 is 1.09 bits per heavy atom. The minimum atomic E-state index is -1.13. The third-order valence-electron chi connectivity index (χ3n) is 27.5. The maximum atomic E-state index is 15.0. The first-order valence-electron chi connectivity index (χ1n) is 47.2. The van der Waals surface area contributed by atoms with Crippen molar-refractivity contribution in [1.29, 1.82) is 0 Å². The lowest BCUT2D eigenvalue weighted by atomic mass is 9.99. The molecule has 1 aromatic heterocycles. The first-order valence-corrected chi connectivity index (χ1v) is 54.0. The van der Waals surface area contributed by atoms with E-state index in [1.807, 2.05) is 71.9 Å². The van der Waals surface area contributed by atoms with E-state index in [1.165, 1.54) is 86.8 Å². The van der Waals surface area contributed by atoms with E-state index in [0.717, 1.165) is 5.56 Å². The van der Waals surface area contributed by atoms with Crippen LogP contribution in [-0.4, -0.2) is 361 Å². The van der Waals surface area contributed by atoms with Crippen LogP contribution in [0, 0.1) is 17.8 Å². The second kappa shape index (κ2) is 43.8. The summed E-state index contributed by atoms with van der Waals surface area (Å²) in [6.07, 6.45) is 9.19. The zero-order chi connectivity index (χ0) is 94.4. The lowest BCUT2D eigenvalue weighted by Crippen LogP contribution is -2.56. The van der Waals surface area contributed by atoms with E-state index in [0.29, 0.717) is 194 Å². The lowest BCUT2D eigenvalue weighted by Gasteiger charge is -2.33. The Labute approximate surface area is 808 Å². The molecule has 37 nitrogen and oxygen atoms in total. The summed E-state index contributed by atoms with van der Waals surface area (Å²) in [5.41, 5.74) is 0.761. The number of rotatable bonds is 6. The SMILES string of the molecule is CC[C@H](C)[C@H]1NC(=O)[C@@H]2CSC(=N2)[C@@H]2CCCN2C(=O)CNC(=O)[C@@H]2CSC(=N2)[C@H]2CCCN2C(=O)[C@H](C(C)C)NC(=O)[C@@H]2CSC(=N2)[C@@H]2CCCN2C(=O)CNC(=O)[C@@H]2CSC(=N2)[C@@H]2CCCN2C(=O)[C@H](C(C)C)NC(=O)C2CSC(=N2)[C@@H]2CCCN2C(=O)[C@H](C)NC(=O)[C@@H]2CSC(=N2)[C@@H]2CCCN2C(=O)[C@@H]2CCCN2C(=O)C(Cc2ccccc2)NC(=O)CNC(=O)c2csc1n2. The molecule has 0 radical (unpaired) electrons. The van der Waals surface area contributed by atoms with Crippen LogP contribution in [0.3, 0.4) is 0 Å². The highest BCUT2D eigenvalue weighted by Crippen LogP contribution is 2.39. The number of fused-ring (bicyclic) bond motifs is 21. The summed E-state index contributed by atoms with van der Waals surface area (Å²) in [6, 6.07) is -3.86. The van der Waals surface area contributed by atoms with Gasteiger partial charge in [-0.15, -0.1) is 81.9 Å². The second-order valence-electron chi connectivity index (χ2n) is 37.3. The molecule has 7 fully saturated rings. The molecule has 0 aliphatic carbocycles. The first-order chi connectivity index (χ1) is 64.6. The van der Waals surface area contributed by atoms with Crippen LogP contribution in [0.2, 0.25) is 0 Å². The van der Waals surface area contributed by atoms with E-state index in [-0.39, 0.29) is 102 Å². The molecular formula is C90H120N22O15S7. The third-order valence-corrected chi connectivity index (χ3v) is 35.4. The predicted octanol–water partition coefficient (Wildman–Crippen LogP) is 2.86. The summed E-state index contributed by atoms with van der Waals surface area (Å²) in [6.45, 7) is 14.6. The Morgan fingerprint density at radius 1 is 0.366 bits per heavy atom. The Balaban J connectivity index is 0.588. The molecule has 14 aliphatic heterocycles. The Bertz CT molecular complexity index is 5090. The van der Waals surface area contributed by atoms with Crippen molar-refractivity contribution < 1.29 is 71.9 Å². The van der Waals surface area contributed by atoms with Crippen LogP contribution >= 0.6 is 81.9 Å². The Hall–Kier alpha value is -8.98. The molecule has 15 heterocycles. The largest absolute Gasteiger partial charge is 0.345 e. The van der Waals surface area contributed by atoms with Crippen molar-refractivity contribution in [1.82, 2.24) is 81.8 Å². The van der Waals surface area contributed by atoms with E-state index >= 15 is 0 Å². The zero-order valence-electron chi connectivity index (χ0n) is 76.5. The van der Waals surface area contributed by atoms with Gasteiger partial charge in [0.15, 0.2) is 0 Å². The summed E-state index contributed by atoms with van der Waals surface area (Å²) in [7, 11) is 0. The molecule has 2 unspecified atom stereocenters. The standard InChI is InChI=1S/C90H120N22O15S7/c1-8-48(6)71-85-102-54(41-134-85)72(116)91-36-66(113)95-51(35-50-19-10-9-11-20-50)87(124)112-34-18-27-65(112)88(125)109-31-15-24-62(109)82-98-55(42-132-82)75(119)94-49(7)86(123)108-30-14-23-61(108)81-101-57(44-133-81)77(121)104-70(47(4)5)90(127)111-33-17-26-64(111)84-97-52(39-129-84)73(117)92-37-67(114)106-28-12-21-59(106)79-99-56(43-130-79)76(120)103-69(46(2)3)89(126)110-32-16-25-63(110)83-96-53(40-128-83)74(118)93-38-68(115)107-29-13-22-60(107)80-100-58(45-131-80)78(122)105-71/h9-11,19-20,41,46-49,51-53,55-65,69-71H,8,12-18,21-40,42-45H2,1-7H3,(H,91,116)(H,92,117)(H,93,118)(H,94,119)(H,95,113)(H,103,120)(H,104,121)(H,105,122)/t48-,49-,51?,52-,53-,55-,56-,57?,58-,59-,60-,61-,62-,63+,64-,65-,69-,70-,71+/m0/s1. The van der Waals surface area contributed by atoms with Gasteiger partial charge in [0.2, 0.25) is 82.7 Å². The number of aromatic nitrogens is 1. The number of hydrogen-bond acceptors (Lipinski definition) is 29. The molecule has 0 spiro atoms. The molecule has 2 aromatic rings. The minimum absolute atomic E-state index is 0.0131. The number of aliphatic imine (C=N–C) groups is 6. The van der Waals surface area contributed by atoms with Crippen LogP contribution in [0.5, 0.6) is 0 Å². The molecule has 722 valence electrons. The number of carbonyl (C=O) groups excluding carboxylic acids is 15. The molecule has 16 rings (SSSR count). The van der Waals surface area contributed by atoms with E-state index in [1.54, 1.807) is 41.7 Å². The molecule has 15 amide bonds. The van der Waals surface area contributed by atoms with Crippen LogP contribution in [0.4, 0.5) is 0 Å². The molecule has 14 aliphatic rings. The van der Waals surface area contributed by atoms with Gasteiger partial charge in [-0.3, -0.25) is 102 Å². The van der Waals surface area contributed by atoms with Crippen LogP contribution in [0.25, 0.3) is 0 Å². The molecular weight excluding hydrogens is 1850 g/mol. The molecule has 8 N–H and O–H groups in total. The fraction of sp³-hybridized carbons (Fsp3) is 0.667. The molecule has 7 saturated heterocycles. The third kappa shape index (κ3) is 21.9. The zero-order valence-corrected chi connectivity index (χ0v) is 82.2. The Morgan fingerprint density at radius 2 is 0.701 bits per heavy atom. The van der Waals surface area contributed by atoms with Gasteiger partial charge in [0.1, 0.15) is 77.2 Å². The summed E-state index contributed by atoms with van der Waals surface area (Å²) >= 11 is 9.53. The van der Waals surface area contributed by atoms with Crippen molar-refractivity contribution in [2.75, 3.05) is 100.0 Å². The molecule has 44 heteroatoms. The summed E-state index contributed by atoms with van der Waals surface area (Å²) in [5.74, 6) is -5.11. The van der Waals surface area contributed by atoms with Gasteiger partial charge >= 0.3 is 0 Å². The summed E-state index contributed by atoms with van der Waals surface area (Å²) < 4.78 is 0. The van der Waals surface area contributed by atoms with Gasteiger partial charge in [-0.25, -0.2) is 4.98 Å². The first kappa shape index (κ1) is 98.1. The molecule has 0 saturated carbocycles. The van der Waals surface area contributed by atoms with Crippen LogP contribution in [0.1, 0.15) is 172 Å². The summed E-state index contributed by atoms with van der Waals surface area (Å²) in [5, 5.41) is 29.1. The van der Waals surface area contributed by atoms with Gasteiger partial charge < -0.3 is 76.8 Å². The van der Waals surface area contributed by atoms with Gasteiger partial charge in [-0.2, -0.15) is 0 Å². The molecule has 14 bridgehead atoms. The number of nitrogens with zero attached hydrogens (tertiary/aromatic N) is 14. The minimum Gasteiger partial charge on any atom is -0.345 e. The summed E-state index contributed by atoms with van der Waals surface area (Å²) in [4.78, 5) is 261. The molecule has 19 atom stereocenters. The van der Waals surface area contributed by atoms with E-state index in [2.05, 4.69) is 47.5 Å². The maximum Gasteiger partial charge on any atom is 0.271 e. The van der Waals surface area contributed by atoms with Gasteiger partial charge in [0.05, 0.1) is 92.2 Å². The number of amides is 15. The van der Waals surface area contributed by atoms with E-state index in [4.69, 9.17) is 30.0 Å². The highest BCUT2D eigenvalue weighted by Gasteiger charge is 2.50. The van der Waals surface area contributed by atoms with Gasteiger partial charge in [0, 0.05) is 92.1 Å². The van der Waals surface area contributed by atoms with Gasteiger partial charge in [0.25, 0.3) is 5.91 Å². The number of thiazole rings is 1. The average Bonchev–Trinajstić information content (AvgIpc) is 1.65. The molecule has 1 aromatic carbocycles. The predicted molar refractivity (Wildman–Crippen MR) is 519 cm³/mol. The molecule has 134 heavy (non-hydrogen) atoms. The normalized spacial score (nSPS) is 32.4. The number of carbonyl (C=O) groups is 15. The quantitative estimate of drug-likeness (QED) is 0.206. The van der Waals surface area contributed by atoms with Crippen molar-refractivity contribution in [3.8, 4) is 0 Å². The fourth-order valence-corrected chi connectivity index (χ4v) is 28.2. The van der Waals surface area contributed by atoms with Crippen LogP contribution < -0.4 is 42.5 Å². The maximum absolute atomic E-state index is 15.0. The van der Waals surface area contributed by atoms with Gasteiger partial charge in [-0.1, -0.05) is 78.3 Å². The van der Waals surface area contributed by atoms with Crippen LogP contribution in [-0.2, 0) is 73.5 Å². The van der Waals surface area contributed by atoms with Crippen molar-refractivity contribution in [3.63, 3.8) is 0 Å². The topological polar surface area (TPSA) is 462 Å². The lowest BCUT2D eigenvalue weighted by molar-refractivity contribution is -0.145. The highest BCUT2D eigenvalue weighted by molar-refractivity contribution is 8.15. The van der Waals surface area contributed by atoms with Crippen molar-refractivity contribution in [3.05, 3.63) is 52.0 Å². The van der Waals surface area contributed by atoms with E-state index < -0.39 is 163 Å². The van der Waals surface area contributed by atoms with Crippen LogP contribution in [0.15, 0.2) is 65.7 Å². The fourth-order valence-electron chi connectivity index (χ4n) is 20.0. The number of thioether (sulfide) groups is 6. The van der Waals surface area contributed by atoms with Crippen molar-refractivity contribution in [2.45, 2.75) is 260 Å². The van der Waals surface area contributed by atoms with Gasteiger partial charge in [-0.05, 0) is 120 Å².